The summed E-state index contributed by atoms with van der Waals surface area (Å²) in [5.74, 6) is 0. The average Bonchev–Trinajstić information content (AvgIpc) is 4.33. The molecule has 5 aliphatic carbocycles. The van der Waals surface area contributed by atoms with Crippen molar-refractivity contribution in [3.05, 3.63) is 310 Å². The highest BCUT2D eigenvalue weighted by Crippen LogP contribution is 2.74. The van der Waals surface area contributed by atoms with Crippen molar-refractivity contribution >= 4 is 50.0 Å². The van der Waals surface area contributed by atoms with E-state index in [4.69, 9.17) is 0 Å². The highest BCUT2D eigenvalue weighted by Gasteiger charge is 2.63. The van der Waals surface area contributed by atoms with Crippen LogP contribution >= 0.6 is 0 Å². The molecule has 350 valence electrons. The fraction of sp³-hybridized carbons (Fsp3) is 0.0685. The summed E-state index contributed by atoms with van der Waals surface area (Å²) < 4.78 is 2.42. The molecule has 0 bridgehead atoms. The van der Waals surface area contributed by atoms with Crippen LogP contribution in [-0.4, -0.2) is 4.57 Å². The molecule has 0 saturated heterocycles. The maximum atomic E-state index is 2.60. The zero-order chi connectivity index (χ0) is 49.4. The van der Waals surface area contributed by atoms with E-state index < -0.39 is 10.8 Å². The van der Waals surface area contributed by atoms with Crippen LogP contribution in [0.3, 0.4) is 0 Å². The third-order valence-corrected chi connectivity index (χ3v) is 18.2. The fourth-order valence-electron chi connectivity index (χ4n) is 15.4. The smallest absolute Gasteiger partial charge is 0.0729 e. The van der Waals surface area contributed by atoms with Gasteiger partial charge in [0.05, 0.1) is 21.9 Å². The number of fused-ring (bicyclic) bond motifs is 24. The highest BCUT2D eigenvalue weighted by molar-refractivity contribution is 6.20. The Labute approximate surface area is 436 Å². The maximum absolute atomic E-state index is 2.60. The van der Waals surface area contributed by atoms with Gasteiger partial charge in [-0.05, 0) is 161 Å². The second-order valence-electron chi connectivity index (χ2n) is 21.8. The molecule has 2 heteroatoms. The molecule has 1 heterocycles. The summed E-state index contributed by atoms with van der Waals surface area (Å²) in [6.07, 6.45) is 0. The lowest BCUT2D eigenvalue weighted by atomic mass is 9.66. The van der Waals surface area contributed by atoms with E-state index in [1.54, 1.807) is 0 Å². The van der Waals surface area contributed by atoms with Crippen LogP contribution in [-0.2, 0) is 16.2 Å². The van der Waals surface area contributed by atoms with Crippen molar-refractivity contribution in [2.75, 3.05) is 4.90 Å². The minimum atomic E-state index is -0.611. The summed E-state index contributed by atoms with van der Waals surface area (Å²) in [5.41, 5.74) is 29.8. The minimum Gasteiger partial charge on any atom is -0.310 e. The van der Waals surface area contributed by atoms with Crippen LogP contribution in [0, 0.1) is 0 Å². The molecule has 17 rings (SSSR count). The predicted molar refractivity (Wildman–Crippen MR) is 310 cm³/mol. The maximum Gasteiger partial charge on any atom is 0.0729 e. The predicted octanol–water partition coefficient (Wildman–Crippen LogP) is 18.1. The first-order valence-corrected chi connectivity index (χ1v) is 26.5. The van der Waals surface area contributed by atoms with Crippen molar-refractivity contribution in [3.8, 4) is 39.1 Å². The van der Waals surface area contributed by atoms with Crippen molar-refractivity contribution in [2.24, 2.45) is 0 Å². The lowest BCUT2D eigenvalue weighted by molar-refractivity contribution is 0.660. The second kappa shape index (κ2) is 14.5. The minimum absolute atomic E-state index is 0.180. The Kier molecular flexibility index (Phi) is 7.97. The highest BCUT2D eigenvalue weighted by atomic mass is 15.1. The molecule has 2 nitrogen and oxygen atoms in total. The molecular weight excluding hydrogens is 905 g/mol. The molecule has 0 fully saturated rings. The number of benzene rings is 11. The van der Waals surface area contributed by atoms with Gasteiger partial charge in [0.2, 0.25) is 0 Å². The molecule has 1 aromatic heterocycles. The van der Waals surface area contributed by atoms with Crippen LogP contribution < -0.4 is 4.90 Å². The number of anilines is 3. The average molecular weight is 953 g/mol. The Morgan fingerprint density at radius 2 is 0.653 bits per heavy atom. The number of hydrogen-bond donors (Lipinski definition) is 0. The molecule has 0 unspecified atom stereocenters. The van der Waals surface area contributed by atoms with Gasteiger partial charge >= 0.3 is 0 Å². The SMILES string of the molecule is CC1(C)c2ccccc2-c2ccc(N(c3ccc4c(c3)C3(C5=C4C4(c6ccccc65)c5ccccc5-c5ccccc54)c4ccccc4-c4ccccc43)c3ccc4c(c3)c3ccccc3n4-c3ccccc3)cc21. The summed E-state index contributed by atoms with van der Waals surface area (Å²) in [6, 6.07) is 97.0. The van der Waals surface area contributed by atoms with Crippen molar-refractivity contribution in [1.29, 1.82) is 0 Å². The molecule has 0 N–H and O–H groups in total. The van der Waals surface area contributed by atoms with Gasteiger partial charge in [0.25, 0.3) is 0 Å². The number of rotatable bonds is 4. The molecule has 2 spiro atoms. The van der Waals surface area contributed by atoms with E-state index >= 15 is 0 Å². The lowest BCUT2D eigenvalue weighted by Crippen LogP contribution is -2.28. The Hall–Kier alpha value is -9.24. The number of allylic oxidation sites excluding steroid dienone is 2. The topological polar surface area (TPSA) is 8.17 Å². The van der Waals surface area contributed by atoms with Crippen molar-refractivity contribution < 1.29 is 0 Å². The van der Waals surface area contributed by atoms with Crippen LogP contribution in [0.2, 0.25) is 0 Å². The number of hydrogen-bond acceptors (Lipinski definition) is 1. The van der Waals surface area contributed by atoms with Crippen LogP contribution in [0.25, 0.3) is 72.0 Å². The Balaban J connectivity index is 0.978. The van der Waals surface area contributed by atoms with E-state index in [-0.39, 0.29) is 5.41 Å². The molecule has 0 saturated carbocycles. The van der Waals surface area contributed by atoms with Gasteiger partial charge in [-0.15, -0.1) is 0 Å². The van der Waals surface area contributed by atoms with E-state index in [2.05, 4.69) is 278 Å². The van der Waals surface area contributed by atoms with Gasteiger partial charge in [-0.25, -0.2) is 0 Å². The van der Waals surface area contributed by atoms with Crippen LogP contribution in [0.1, 0.15) is 69.5 Å². The zero-order valence-electron chi connectivity index (χ0n) is 41.6. The largest absolute Gasteiger partial charge is 0.310 e. The standard InChI is InChI=1S/C73H48N2/c1-71(2)59-29-13-6-22-49(59)54-39-36-47(43-65(54)71)74(46-38-41-68-58(42-46)55-27-12-19-35-67(55)75(68)45-20-4-3-5-21-45)48-37-40-57-66(44-48)73(62-32-16-9-25-52(62)53-26-10-17-33-63(53)73)69-56-28-11-18-34-64(56)72(70(57)69)60-30-14-7-23-50(60)51-24-8-15-31-61(51)72/h3-44H,1-2H3. The Morgan fingerprint density at radius 1 is 0.280 bits per heavy atom. The number of para-hydroxylation sites is 2. The molecule has 12 aromatic rings. The van der Waals surface area contributed by atoms with E-state index in [1.165, 1.54) is 122 Å². The van der Waals surface area contributed by atoms with Gasteiger partial charge in [0, 0.05) is 38.9 Å². The zero-order valence-corrected chi connectivity index (χ0v) is 41.6. The van der Waals surface area contributed by atoms with Crippen LogP contribution in [0.4, 0.5) is 17.1 Å². The second-order valence-corrected chi connectivity index (χ2v) is 21.8. The summed E-state index contributed by atoms with van der Waals surface area (Å²) in [7, 11) is 0. The summed E-state index contributed by atoms with van der Waals surface area (Å²) in [6.45, 7) is 4.79. The monoisotopic (exact) mass is 952 g/mol. The Bertz CT molecular complexity index is 4430. The molecule has 75 heavy (non-hydrogen) atoms. The molecule has 0 amide bonds. The summed E-state index contributed by atoms with van der Waals surface area (Å²) in [5, 5.41) is 2.46. The third kappa shape index (κ3) is 4.96. The van der Waals surface area contributed by atoms with Gasteiger partial charge in [-0.3, -0.25) is 0 Å². The first-order valence-electron chi connectivity index (χ1n) is 26.5. The number of nitrogens with zero attached hydrogens (tertiary/aromatic N) is 2. The molecule has 0 atom stereocenters. The lowest BCUT2D eigenvalue weighted by Gasteiger charge is -2.36. The van der Waals surface area contributed by atoms with E-state index in [1.807, 2.05) is 0 Å². The van der Waals surface area contributed by atoms with E-state index in [0.717, 1.165) is 22.7 Å². The summed E-state index contributed by atoms with van der Waals surface area (Å²) >= 11 is 0. The van der Waals surface area contributed by atoms with Crippen LogP contribution in [0.15, 0.2) is 255 Å². The fourth-order valence-corrected chi connectivity index (χ4v) is 15.4. The molecule has 5 aliphatic rings. The van der Waals surface area contributed by atoms with Gasteiger partial charge in [0.1, 0.15) is 0 Å². The molecule has 0 aliphatic heterocycles. The van der Waals surface area contributed by atoms with Crippen molar-refractivity contribution in [1.82, 2.24) is 4.57 Å². The Morgan fingerprint density at radius 3 is 1.24 bits per heavy atom. The van der Waals surface area contributed by atoms with Crippen molar-refractivity contribution in [2.45, 2.75) is 30.1 Å². The van der Waals surface area contributed by atoms with Gasteiger partial charge < -0.3 is 9.47 Å². The van der Waals surface area contributed by atoms with Gasteiger partial charge in [0.15, 0.2) is 0 Å². The van der Waals surface area contributed by atoms with Gasteiger partial charge in [-0.2, -0.15) is 0 Å². The van der Waals surface area contributed by atoms with E-state index in [9.17, 15) is 0 Å². The number of aromatic nitrogens is 1. The summed E-state index contributed by atoms with van der Waals surface area (Å²) in [4.78, 5) is 2.56. The first-order chi connectivity index (χ1) is 37.0. The van der Waals surface area contributed by atoms with Crippen molar-refractivity contribution in [3.63, 3.8) is 0 Å². The third-order valence-electron chi connectivity index (χ3n) is 18.2. The first kappa shape index (κ1) is 41.3. The van der Waals surface area contributed by atoms with Crippen LogP contribution in [0.5, 0.6) is 0 Å². The van der Waals surface area contributed by atoms with Gasteiger partial charge in [-0.1, -0.05) is 208 Å². The molecular formula is C73H48N2. The quantitative estimate of drug-likeness (QED) is 0.171. The van der Waals surface area contributed by atoms with E-state index in [0.29, 0.717) is 0 Å². The normalized spacial score (nSPS) is 15.6. The molecule has 11 aromatic carbocycles. The molecule has 0 radical (unpaired) electrons.